The van der Waals surface area contributed by atoms with Gasteiger partial charge in [0.25, 0.3) is 0 Å². The molecule has 0 saturated heterocycles. The summed E-state index contributed by atoms with van der Waals surface area (Å²) < 4.78 is 0. The van der Waals surface area contributed by atoms with E-state index in [4.69, 9.17) is 0 Å². The number of carbonyl (C=O) groups is 1. The molecular weight excluding hydrogens is 176 g/mol. The third kappa shape index (κ3) is 5.62. The van der Waals surface area contributed by atoms with E-state index < -0.39 is 0 Å². The van der Waals surface area contributed by atoms with E-state index in [2.05, 4.69) is 12.6 Å². The van der Waals surface area contributed by atoms with Crippen LogP contribution in [0.4, 0.5) is 0 Å². The van der Waals surface area contributed by atoms with Crippen LogP contribution in [0.5, 0.6) is 0 Å². The molecule has 0 aromatic heterocycles. The summed E-state index contributed by atoms with van der Waals surface area (Å²) in [6.07, 6.45) is 0.648. The summed E-state index contributed by atoms with van der Waals surface area (Å²) in [7, 11) is 0. The maximum absolute atomic E-state index is 11.1. The highest BCUT2D eigenvalue weighted by molar-refractivity contribution is 8.01. The topological polar surface area (TPSA) is 17.1 Å². The summed E-state index contributed by atoms with van der Waals surface area (Å²) in [5, 5.41) is 0.529. The second-order valence-electron chi connectivity index (χ2n) is 2.64. The van der Waals surface area contributed by atoms with E-state index in [1.807, 2.05) is 20.8 Å². The zero-order valence-electron chi connectivity index (χ0n) is 7.33. The number of ketones is 1. The molecule has 0 bridgehead atoms. The smallest absolute Gasteiger partial charge is 0.145 e. The second kappa shape index (κ2) is 5.95. The molecule has 0 aliphatic carbocycles. The molecule has 0 radical (unpaired) electrons. The van der Waals surface area contributed by atoms with Gasteiger partial charge in [-0.1, -0.05) is 13.8 Å². The van der Waals surface area contributed by atoms with Crippen LogP contribution < -0.4 is 0 Å². The van der Waals surface area contributed by atoms with E-state index in [9.17, 15) is 4.79 Å². The molecule has 2 unspecified atom stereocenters. The largest absolute Gasteiger partial charge is 0.298 e. The van der Waals surface area contributed by atoms with E-state index in [1.54, 1.807) is 11.8 Å². The highest BCUT2D eigenvalue weighted by Crippen LogP contribution is 2.15. The molecule has 0 aliphatic heterocycles. The van der Waals surface area contributed by atoms with E-state index in [0.717, 1.165) is 5.75 Å². The number of thioether (sulfide) groups is 1. The van der Waals surface area contributed by atoms with Gasteiger partial charge in [0.1, 0.15) is 5.78 Å². The summed E-state index contributed by atoms with van der Waals surface area (Å²) in [5.41, 5.74) is 0. The molecule has 0 saturated carbocycles. The van der Waals surface area contributed by atoms with Crippen molar-refractivity contribution in [3.63, 3.8) is 0 Å². The van der Waals surface area contributed by atoms with Gasteiger partial charge >= 0.3 is 0 Å². The van der Waals surface area contributed by atoms with Crippen LogP contribution in [0.25, 0.3) is 0 Å². The van der Waals surface area contributed by atoms with Gasteiger partial charge in [-0.05, 0) is 6.92 Å². The van der Waals surface area contributed by atoms with Gasteiger partial charge in [-0.2, -0.15) is 12.6 Å². The summed E-state index contributed by atoms with van der Waals surface area (Å²) in [5.74, 6) is 1.29. The molecule has 0 heterocycles. The first-order valence-corrected chi connectivity index (χ1v) is 5.46. The fraction of sp³-hybridized carbons (Fsp3) is 0.875. The average Bonchev–Trinajstić information content (AvgIpc) is 1.98. The van der Waals surface area contributed by atoms with Crippen LogP contribution in [0.15, 0.2) is 0 Å². The third-order valence-electron chi connectivity index (χ3n) is 1.39. The molecule has 0 fully saturated rings. The first kappa shape index (κ1) is 11.4. The Hall–Kier alpha value is 0.370. The molecule has 0 aromatic rings. The SMILES string of the molecule is CCC(=O)C(C)SCC(C)S. The molecule has 11 heavy (non-hydrogen) atoms. The van der Waals surface area contributed by atoms with Crippen molar-refractivity contribution in [2.75, 3.05) is 5.75 Å². The van der Waals surface area contributed by atoms with Crippen molar-refractivity contribution in [3.8, 4) is 0 Å². The lowest BCUT2D eigenvalue weighted by Gasteiger charge is -2.09. The Morgan fingerprint density at radius 2 is 2.09 bits per heavy atom. The highest BCUT2D eigenvalue weighted by atomic mass is 32.2. The zero-order valence-corrected chi connectivity index (χ0v) is 9.04. The number of Topliss-reactive ketones (excluding diaryl/α,β-unsaturated/α-hetero) is 1. The van der Waals surface area contributed by atoms with Gasteiger partial charge in [-0.3, -0.25) is 4.79 Å². The van der Waals surface area contributed by atoms with Crippen LogP contribution in [0.3, 0.4) is 0 Å². The van der Waals surface area contributed by atoms with Gasteiger partial charge in [-0.25, -0.2) is 0 Å². The van der Waals surface area contributed by atoms with Gasteiger partial charge in [0.15, 0.2) is 0 Å². The van der Waals surface area contributed by atoms with Gasteiger partial charge in [-0.15, -0.1) is 11.8 Å². The predicted molar refractivity (Wildman–Crippen MR) is 55.7 cm³/mol. The first-order chi connectivity index (χ1) is 5.07. The predicted octanol–water partition coefficient (Wildman–Crippen LogP) is 2.41. The molecule has 0 N–H and O–H groups in total. The average molecular weight is 192 g/mol. The standard InChI is InChI=1S/C8H16OS2/c1-4-8(9)7(3)11-5-6(2)10/h6-7,10H,4-5H2,1-3H3. The van der Waals surface area contributed by atoms with E-state index in [1.165, 1.54) is 0 Å². The summed E-state index contributed by atoms with van der Waals surface area (Å²) in [6, 6.07) is 0. The highest BCUT2D eigenvalue weighted by Gasteiger charge is 2.10. The molecule has 1 nitrogen and oxygen atoms in total. The quantitative estimate of drug-likeness (QED) is 0.674. The molecule has 0 amide bonds. The minimum atomic E-state index is 0.148. The molecule has 3 heteroatoms. The van der Waals surface area contributed by atoms with Gasteiger partial charge in [0, 0.05) is 17.4 Å². The molecule has 2 atom stereocenters. The second-order valence-corrected chi connectivity index (χ2v) is 4.90. The summed E-state index contributed by atoms with van der Waals surface area (Å²) in [6.45, 7) is 5.91. The van der Waals surface area contributed by atoms with Gasteiger partial charge in [0.05, 0.1) is 5.25 Å². The van der Waals surface area contributed by atoms with Crippen LogP contribution in [0, 0.1) is 0 Å². The minimum Gasteiger partial charge on any atom is -0.298 e. The number of carbonyl (C=O) groups excluding carboxylic acids is 1. The first-order valence-electron chi connectivity index (χ1n) is 3.90. The van der Waals surface area contributed by atoms with Crippen LogP contribution in [-0.2, 0) is 4.79 Å². The Morgan fingerprint density at radius 1 is 1.55 bits per heavy atom. The summed E-state index contributed by atoms with van der Waals surface area (Å²) >= 11 is 5.93. The molecule has 0 aliphatic rings. The number of hydrogen-bond acceptors (Lipinski definition) is 3. The fourth-order valence-electron chi connectivity index (χ4n) is 0.664. The lowest BCUT2D eigenvalue weighted by Crippen LogP contribution is -2.13. The van der Waals surface area contributed by atoms with Gasteiger partial charge in [0.2, 0.25) is 0 Å². The number of rotatable bonds is 5. The Balaban J connectivity index is 3.52. The maximum Gasteiger partial charge on any atom is 0.145 e. The third-order valence-corrected chi connectivity index (χ3v) is 3.27. The van der Waals surface area contributed by atoms with Crippen molar-refractivity contribution in [3.05, 3.63) is 0 Å². The van der Waals surface area contributed by atoms with Crippen molar-refractivity contribution in [1.29, 1.82) is 0 Å². The number of hydrogen-bond donors (Lipinski definition) is 1. The Kier molecular flexibility index (Phi) is 6.15. The Morgan fingerprint density at radius 3 is 2.45 bits per heavy atom. The minimum absolute atomic E-state index is 0.148. The number of thiol groups is 1. The Labute approximate surface area is 78.7 Å². The molecule has 0 aromatic carbocycles. The van der Waals surface area contributed by atoms with Crippen molar-refractivity contribution in [1.82, 2.24) is 0 Å². The van der Waals surface area contributed by atoms with Crippen molar-refractivity contribution >= 4 is 30.2 Å². The van der Waals surface area contributed by atoms with E-state index >= 15 is 0 Å². The fourth-order valence-corrected chi connectivity index (χ4v) is 1.84. The molecular formula is C8H16OS2. The van der Waals surface area contributed by atoms with Crippen LogP contribution in [-0.4, -0.2) is 22.0 Å². The van der Waals surface area contributed by atoms with E-state index in [0.29, 0.717) is 17.5 Å². The van der Waals surface area contributed by atoms with Gasteiger partial charge < -0.3 is 0 Å². The van der Waals surface area contributed by atoms with Crippen LogP contribution >= 0.6 is 24.4 Å². The maximum atomic E-state index is 11.1. The van der Waals surface area contributed by atoms with Crippen LogP contribution in [0.1, 0.15) is 27.2 Å². The Bertz CT molecular complexity index is 123. The summed E-state index contributed by atoms with van der Waals surface area (Å²) in [4.78, 5) is 11.1. The molecule has 66 valence electrons. The molecule has 0 spiro atoms. The van der Waals surface area contributed by atoms with Crippen molar-refractivity contribution in [2.24, 2.45) is 0 Å². The van der Waals surface area contributed by atoms with Crippen molar-refractivity contribution in [2.45, 2.75) is 37.7 Å². The van der Waals surface area contributed by atoms with Crippen molar-refractivity contribution < 1.29 is 4.79 Å². The van der Waals surface area contributed by atoms with Crippen LogP contribution in [0.2, 0.25) is 0 Å². The lowest BCUT2D eigenvalue weighted by molar-refractivity contribution is -0.117. The zero-order chi connectivity index (χ0) is 8.85. The monoisotopic (exact) mass is 192 g/mol. The van der Waals surface area contributed by atoms with E-state index in [-0.39, 0.29) is 5.25 Å². The molecule has 0 rings (SSSR count). The normalized spacial score (nSPS) is 16.0. The lowest BCUT2D eigenvalue weighted by atomic mass is 10.2.